The summed E-state index contributed by atoms with van der Waals surface area (Å²) in [5.41, 5.74) is 1.46. The van der Waals surface area contributed by atoms with Crippen molar-refractivity contribution < 1.29 is 23.8 Å². The number of aromatic amines is 1. The molecule has 4 rings (SSSR count). The smallest absolute Gasteiger partial charge is 0.305 e. The fourth-order valence-electron chi connectivity index (χ4n) is 4.99. The van der Waals surface area contributed by atoms with Crippen LogP contribution >= 0.6 is 0 Å². The Bertz CT molecular complexity index is 909. The summed E-state index contributed by atoms with van der Waals surface area (Å²) in [5, 5.41) is 1.19. The number of piperidine rings is 1. The summed E-state index contributed by atoms with van der Waals surface area (Å²) in [5.74, 6) is -1.25. The van der Waals surface area contributed by atoms with Crippen molar-refractivity contribution >= 4 is 22.8 Å². The van der Waals surface area contributed by atoms with Gasteiger partial charge in [-0.25, -0.2) is 0 Å². The molecule has 2 saturated heterocycles. The Balaban J connectivity index is 1.53. The van der Waals surface area contributed by atoms with Gasteiger partial charge >= 0.3 is 5.97 Å². The van der Waals surface area contributed by atoms with E-state index in [0.29, 0.717) is 39.0 Å². The van der Waals surface area contributed by atoms with E-state index in [4.69, 9.17) is 14.2 Å². The molecule has 0 saturated carbocycles. The molecule has 2 unspecified atom stereocenters. The molecule has 0 aliphatic carbocycles. The molecule has 2 atom stereocenters. The van der Waals surface area contributed by atoms with Crippen molar-refractivity contribution in [2.24, 2.45) is 5.41 Å². The maximum Gasteiger partial charge on any atom is 0.305 e. The number of carbonyl (C=O) groups is 2. The predicted molar refractivity (Wildman–Crippen MR) is 107 cm³/mol. The number of aromatic nitrogens is 1. The summed E-state index contributed by atoms with van der Waals surface area (Å²) in [6.45, 7) is 1.66. The number of amides is 1. The zero-order valence-electron chi connectivity index (χ0n) is 17.0. The summed E-state index contributed by atoms with van der Waals surface area (Å²) >= 11 is 0. The van der Waals surface area contributed by atoms with E-state index in [-0.39, 0.29) is 18.3 Å². The number of ether oxygens (including phenoxy) is 3. The Morgan fingerprint density at radius 1 is 1.28 bits per heavy atom. The quantitative estimate of drug-likeness (QED) is 0.723. The molecular formula is C22H28N2O5. The predicted octanol–water partition coefficient (Wildman–Crippen LogP) is 2.65. The molecule has 3 heterocycles. The summed E-state index contributed by atoms with van der Waals surface area (Å²) in [4.78, 5) is 30.6. The Kier molecular flexibility index (Phi) is 5.36. The first-order valence-electron chi connectivity index (χ1n) is 10.2. The fourth-order valence-corrected chi connectivity index (χ4v) is 4.99. The third-order valence-corrected chi connectivity index (χ3v) is 6.64. The first kappa shape index (κ1) is 19.9. The summed E-state index contributed by atoms with van der Waals surface area (Å²) < 4.78 is 16.5. The molecule has 1 aromatic carbocycles. The van der Waals surface area contributed by atoms with E-state index in [1.165, 1.54) is 18.1 Å². The van der Waals surface area contributed by atoms with Gasteiger partial charge in [0.25, 0.3) is 0 Å². The van der Waals surface area contributed by atoms with E-state index in [0.717, 1.165) is 11.9 Å². The number of benzene rings is 1. The molecule has 2 aliphatic heterocycles. The Morgan fingerprint density at radius 2 is 2.10 bits per heavy atom. The van der Waals surface area contributed by atoms with E-state index in [9.17, 15) is 9.59 Å². The molecule has 2 aromatic rings. The zero-order valence-corrected chi connectivity index (χ0v) is 17.0. The lowest BCUT2D eigenvalue weighted by Crippen LogP contribution is -2.62. The number of rotatable bonds is 7. The van der Waals surface area contributed by atoms with E-state index in [2.05, 4.69) is 17.1 Å². The van der Waals surface area contributed by atoms with Crippen LogP contribution in [0, 0.1) is 5.41 Å². The maximum atomic E-state index is 13.6. The average molecular weight is 400 g/mol. The van der Waals surface area contributed by atoms with Gasteiger partial charge in [-0.1, -0.05) is 18.2 Å². The highest BCUT2D eigenvalue weighted by molar-refractivity contribution is 5.86. The molecule has 156 valence electrons. The average Bonchev–Trinajstić information content (AvgIpc) is 3.34. The van der Waals surface area contributed by atoms with Crippen molar-refractivity contribution in [2.45, 2.75) is 37.9 Å². The molecule has 7 nitrogen and oxygen atoms in total. The molecule has 0 radical (unpaired) electrons. The number of nitrogens with zero attached hydrogens (tertiary/aromatic N) is 1. The summed E-state index contributed by atoms with van der Waals surface area (Å²) in [6, 6.07) is 8.18. The number of methoxy groups -OCH3 is 2. The van der Waals surface area contributed by atoms with Crippen molar-refractivity contribution in [1.29, 1.82) is 0 Å². The topological polar surface area (TPSA) is 80.9 Å². The molecule has 1 amide bonds. The third-order valence-electron chi connectivity index (χ3n) is 6.64. The Labute approximate surface area is 170 Å². The second-order valence-electron chi connectivity index (χ2n) is 7.87. The molecular weight excluding hydrogens is 372 g/mol. The normalized spacial score (nSPS) is 26.7. The minimum Gasteiger partial charge on any atom is -0.469 e. The number of hydrogen-bond donors (Lipinski definition) is 1. The van der Waals surface area contributed by atoms with Gasteiger partial charge in [-0.05, 0) is 30.9 Å². The summed E-state index contributed by atoms with van der Waals surface area (Å²) in [6.07, 6.45) is 4.49. The molecule has 1 aromatic heterocycles. The largest absolute Gasteiger partial charge is 0.469 e. The maximum absolute atomic E-state index is 13.6. The van der Waals surface area contributed by atoms with Gasteiger partial charge in [0.15, 0.2) is 5.79 Å². The standard InChI is InChI=1S/C22H28N2O5/c1-27-19(25)7-9-21-11-14-29-22(21,28-2)10-13-24(20(21)26)12-8-16-15-23-18-6-4-3-5-17(16)18/h3-6,15,23H,7-14H2,1-2H3. The van der Waals surface area contributed by atoms with E-state index in [1.807, 2.05) is 23.2 Å². The lowest BCUT2D eigenvalue weighted by Gasteiger charge is -2.49. The lowest BCUT2D eigenvalue weighted by atomic mass is 9.69. The number of H-pyrrole nitrogens is 1. The number of likely N-dealkylation sites (tertiary alicyclic amines) is 1. The van der Waals surface area contributed by atoms with Crippen LogP contribution in [0.25, 0.3) is 10.9 Å². The van der Waals surface area contributed by atoms with E-state index < -0.39 is 11.2 Å². The van der Waals surface area contributed by atoms with Gasteiger partial charge in [-0.3, -0.25) is 9.59 Å². The monoisotopic (exact) mass is 400 g/mol. The molecule has 7 heteroatoms. The van der Waals surface area contributed by atoms with Gasteiger partial charge in [0.1, 0.15) is 5.41 Å². The van der Waals surface area contributed by atoms with E-state index in [1.54, 1.807) is 7.11 Å². The second kappa shape index (κ2) is 7.80. The van der Waals surface area contributed by atoms with Gasteiger partial charge in [0, 0.05) is 50.1 Å². The van der Waals surface area contributed by atoms with Crippen LogP contribution in [0.5, 0.6) is 0 Å². The first-order valence-corrected chi connectivity index (χ1v) is 10.2. The number of hydrogen-bond acceptors (Lipinski definition) is 5. The Morgan fingerprint density at radius 3 is 2.90 bits per heavy atom. The number of para-hydroxylation sites is 1. The molecule has 2 aliphatic rings. The van der Waals surface area contributed by atoms with Crippen LogP contribution in [-0.2, 0) is 30.2 Å². The van der Waals surface area contributed by atoms with Gasteiger partial charge in [-0.2, -0.15) is 0 Å². The minimum absolute atomic E-state index is 0.0202. The number of carbonyl (C=O) groups excluding carboxylic acids is 2. The van der Waals surface area contributed by atoms with Crippen LogP contribution in [0.1, 0.15) is 31.2 Å². The summed E-state index contributed by atoms with van der Waals surface area (Å²) in [7, 11) is 2.96. The van der Waals surface area contributed by atoms with Crippen LogP contribution < -0.4 is 0 Å². The van der Waals surface area contributed by atoms with Crippen molar-refractivity contribution in [3.8, 4) is 0 Å². The van der Waals surface area contributed by atoms with Gasteiger partial charge in [0.2, 0.25) is 5.91 Å². The number of nitrogens with one attached hydrogen (secondary N) is 1. The minimum atomic E-state index is -0.949. The van der Waals surface area contributed by atoms with Gasteiger partial charge in [-0.15, -0.1) is 0 Å². The zero-order chi connectivity index (χ0) is 20.5. The third kappa shape index (κ3) is 3.22. The van der Waals surface area contributed by atoms with Crippen LogP contribution in [0.4, 0.5) is 0 Å². The van der Waals surface area contributed by atoms with Crippen molar-refractivity contribution in [3.05, 3.63) is 36.0 Å². The molecule has 2 fully saturated rings. The highest BCUT2D eigenvalue weighted by Gasteiger charge is 2.64. The first-order chi connectivity index (χ1) is 14.0. The molecule has 29 heavy (non-hydrogen) atoms. The van der Waals surface area contributed by atoms with Gasteiger partial charge in [0.05, 0.1) is 13.7 Å². The van der Waals surface area contributed by atoms with Crippen molar-refractivity contribution in [2.75, 3.05) is 33.9 Å². The molecule has 0 spiro atoms. The van der Waals surface area contributed by atoms with Gasteiger partial charge < -0.3 is 24.1 Å². The second-order valence-corrected chi connectivity index (χ2v) is 7.87. The Hall–Kier alpha value is -2.38. The molecule has 0 bridgehead atoms. The van der Waals surface area contributed by atoms with E-state index >= 15 is 0 Å². The van der Waals surface area contributed by atoms with Crippen LogP contribution in [0.15, 0.2) is 30.5 Å². The van der Waals surface area contributed by atoms with Crippen LogP contribution in [-0.4, -0.2) is 61.5 Å². The van der Waals surface area contributed by atoms with Crippen molar-refractivity contribution in [3.63, 3.8) is 0 Å². The number of fused-ring (bicyclic) bond motifs is 2. The lowest BCUT2D eigenvalue weighted by molar-refractivity contribution is -0.262. The van der Waals surface area contributed by atoms with Crippen LogP contribution in [0.2, 0.25) is 0 Å². The highest BCUT2D eigenvalue weighted by Crippen LogP contribution is 2.53. The number of esters is 1. The highest BCUT2D eigenvalue weighted by atomic mass is 16.7. The molecule has 1 N–H and O–H groups in total. The SMILES string of the molecule is COC(=O)CCC12CCOC1(OC)CCN(CCc1c[nH]c3ccccc13)C2=O. The van der Waals surface area contributed by atoms with Crippen molar-refractivity contribution in [1.82, 2.24) is 9.88 Å². The fraction of sp³-hybridized carbons (Fsp3) is 0.545. The van der Waals surface area contributed by atoms with Crippen LogP contribution in [0.3, 0.4) is 0 Å².